The fourth-order valence-electron chi connectivity index (χ4n) is 1.76. The number of hydrogen-bond donors (Lipinski definition) is 2. The highest BCUT2D eigenvalue weighted by atomic mass is 79.9. The second-order valence-corrected chi connectivity index (χ2v) is 6.63. The Morgan fingerprint density at radius 1 is 1.50 bits per heavy atom. The van der Waals surface area contributed by atoms with E-state index in [1.54, 1.807) is 0 Å². The molecule has 0 aliphatic carbocycles. The normalized spacial score (nSPS) is 12.9. The lowest BCUT2D eigenvalue weighted by molar-refractivity contribution is -0.123. The first-order valence-corrected chi connectivity index (χ1v) is 7.57. The van der Waals surface area contributed by atoms with Crippen molar-refractivity contribution in [1.29, 1.82) is 0 Å². The van der Waals surface area contributed by atoms with Gasteiger partial charge in [-0.2, -0.15) is 0 Å². The number of nitrogen functional groups attached to an aromatic ring is 1. The Balaban J connectivity index is 2.86. The molecule has 0 aromatic heterocycles. The smallest absolute Gasteiger partial charge is 0.242 e. The first-order chi connectivity index (χ1) is 9.18. The van der Waals surface area contributed by atoms with Crippen LogP contribution in [0.3, 0.4) is 0 Å². The molecular formula is C15H24BrN3O. The minimum absolute atomic E-state index is 0.00155. The quantitative estimate of drug-likeness (QED) is 0.808. The SMILES string of the molecule is CCC(C)(C)NC(=O)C(C)N(C)c1ccc(Br)cc1N. The zero-order chi connectivity index (χ0) is 15.5. The van der Waals surface area contributed by atoms with Crippen LogP contribution in [0.1, 0.15) is 34.1 Å². The van der Waals surface area contributed by atoms with Crippen molar-refractivity contribution in [3.63, 3.8) is 0 Å². The van der Waals surface area contributed by atoms with Crippen LogP contribution < -0.4 is 16.0 Å². The molecule has 1 amide bonds. The van der Waals surface area contributed by atoms with Gasteiger partial charge >= 0.3 is 0 Å². The molecule has 0 saturated carbocycles. The summed E-state index contributed by atoms with van der Waals surface area (Å²) in [7, 11) is 1.88. The van der Waals surface area contributed by atoms with Crippen molar-refractivity contribution < 1.29 is 4.79 Å². The third-order valence-electron chi connectivity index (χ3n) is 3.68. The zero-order valence-electron chi connectivity index (χ0n) is 12.8. The number of rotatable bonds is 5. The summed E-state index contributed by atoms with van der Waals surface area (Å²) >= 11 is 3.38. The van der Waals surface area contributed by atoms with Gasteiger partial charge in [0.25, 0.3) is 0 Å². The molecule has 1 rings (SSSR count). The van der Waals surface area contributed by atoms with Gasteiger partial charge in [0.1, 0.15) is 6.04 Å². The summed E-state index contributed by atoms with van der Waals surface area (Å²) in [6.07, 6.45) is 0.885. The van der Waals surface area contributed by atoms with E-state index in [0.717, 1.165) is 16.6 Å². The fraction of sp³-hybridized carbons (Fsp3) is 0.533. The van der Waals surface area contributed by atoms with E-state index in [2.05, 4.69) is 28.2 Å². The van der Waals surface area contributed by atoms with Gasteiger partial charge in [-0.1, -0.05) is 22.9 Å². The average Bonchev–Trinajstić information content (AvgIpc) is 2.36. The van der Waals surface area contributed by atoms with Crippen molar-refractivity contribution in [2.75, 3.05) is 17.7 Å². The van der Waals surface area contributed by atoms with Gasteiger partial charge in [0.15, 0.2) is 0 Å². The van der Waals surface area contributed by atoms with Crippen LogP contribution in [0.5, 0.6) is 0 Å². The number of nitrogens with zero attached hydrogens (tertiary/aromatic N) is 1. The first-order valence-electron chi connectivity index (χ1n) is 6.78. The summed E-state index contributed by atoms with van der Waals surface area (Å²) in [5.41, 5.74) is 7.31. The van der Waals surface area contributed by atoms with E-state index in [9.17, 15) is 4.79 Å². The number of nitrogens with one attached hydrogen (secondary N) is 1. The van der Waals surface area contributed by atoms with E-state index in [1.165, 1.54) is 0 Å². The molecule has 0 heterocycles. The number of likely N-dealkylation sites (N-methyl/N-ethyl adjacent to an activating group) is 1. The monoisotopic (exact) mass is 341 g/mol. The van der Waals surface area contributed by atoms with E-state index in [0.29, 0.717) is 5.69 Å². The molecule has 20 heavy (non-hydrogen) atoms. The number of benzene rings is 1. The molecule has 3 N–H and O–H groups in total. The zero-order valence-corrected chi connectivity index (χ0v) is 14.4. The molecule has 0 saturated heterocycles. The molecule has 1 aromatic rings. The van der Waals surface area contributed by atoms with Crippen molar-refractivity contribution in [3.8, 4) is 0 Å². The minimum atomic E-state index is -0.288. The maximum Gasteiger partial charge on any atom is 0.242 e. The molecule has 0 fully saturated rings. The van der Waals surface area contributed by atoms with Gasteiger partial charge < -0.3 is 16.0 Å². The summed E-state index contributed by atoms with van der Waals surface area (Å²) in [5, 5.41) is 3.06. The Kier molecular flexibility index (Phi) is 5.45. The lowest BCUT2D eigenvalue weighted by Crippen LogP contribution is -2.51. The molecule has 4 nitrogen and oxygen atoms in total. The molecular weight excluding hydrogens is 318 g/mol. The second-order valence-electron chi connectivity index (χ2n) is 5.72. The number of anilines is 2. The van der Waals surface area contributed by atoms with E-state index in [1.807, 2.05) is 50.9 Å². The number of carbonyl (C=O) groups excluding carboxylic acids is 1. The highest BCUT2D eigenvalue weighted by Gasteiger charge is 2.25. The Hall–Kier alpha value is -1.23. The molecule has 1 aromatic carbocycles. The van der Waals surface area contributed by atoms with Gasteiger partial charge in [0.2, 0.25) is 5.91 Å². The van der Waals surface area contributed by atoms with E-state index in [4.69, 9.17) is 5.73 Å². The number of halogens is 1. The van der Waals surface area contributed by atoms with E-state index in [-0.39, 0.29) is 17.5 Å². The molecule has 0 aliphatic rings. The summed E-state index contributed by atoms with van der Waals surface area (Å²) in [6, 6.07) is 5.38. The molecule has 0 spiro atoms. The topological polar surface area (TPSA) is 58.4 Å². The highest BCUT2D eigenvalue weighted by Crippen LogP contribution is 2.27. The molecule has 0 bridgehead atoms. The summed E-state index contributed by atoms with van der Waals surface area (Å²) in [5.74, 6) is 0.00155. The van der Waals surface area contributed by atoms with Crippen molar-refractivity contribution >= 4 is 33.2 Å². The first kappa shape index (κ1) is 16.8. The van der Waals surface area contributed by atoms with E-state index >= 15 is 0 Å². The molecule has 112 valence electrons. The molecule has 1 atom stereocenters. The summed E-state index contributed by atoms with van der Waals surface area (Å²) in [4.78, 5) is 14.2. The van der Waals surface area contributed by atoms with Gasteiger partial charge in [0.05, 0.1) is 11.4 Å². The fourth-order valence-corrected chi connectivity index (χ4v) is 2.14. The largest absolute Gasteiger partial charge is 0.397 e. The summed E-state index contributed by atoms with van der Waals surface area (Å²) < 4.78 is 0.927. The van der Waals surface area contributed by atoms with Gasteiger partial charge in [-0.3, -0.25) is 4.79 Å². The molecule has 0 aliphatic heterocycles. The van der Waals surface area contributed by atoms with Crippen LogP contribution in [-0.2, 0) is 4.79 Å². The van der Waals surface area contributed by atoms with Gasteiger partial charge in [-0.25, -0.2) is 0 Å². The Morgan fingerprint density at radius 2 is 2.10 bits per heavy atom. The number of carbonyl (C=O) groups is 1. The van der Waals surface area contributed by atoms with Gasteiger partial charge in [-0.05, 0) is 45.4 Å². The van der Waals surface area contributed by atoms with Crippen LogP contribution in [0, 0.1) is 0 Å². The maximum absolute atomic E-state index is 12.3. The van der Waals surface area contributed by atoms with Crippen LogP contribution >= 0.6 is 15.9 Å². The van der Waals surface area contributed by atoms with Gasteiger partial charge in [0, 0.05) is 17.1 Å². The molecule has 5 heteroatoms. The average molecular weight is 342 g/mol. The molecule has 1 unspecified atom stereocenters. The number of hydrogen-bond acceptors (Lipinski definition) is 3. The number of amides is 1. The minimum Gasteiger partial charge on any atom is -0.397 e. The maximum atomic E-state index is 12.3. The van der Waals surface area contributed by atoms with Crippen LogP contribution in [0.2, 0.25) is 0 Å². The predicted octanol–water partition coefficient (Wildman–Crippen LogP) is 3.16. The van der Waals surface area contributed by atoms with Crippen molar-refractivity contribution in [3.05, 3.63) is 22.7 Å². The van der Waals surface area contributed by atoms with Crippen molar-refractivity contribution in [2.24, 2.45) is 0 Å². The lowest BCUT2D eigenvalue weighted by atomic mass is 10.0. The predicted molar refractivity (Wildman–Crippen MR) is 88.9 cm³/mol. The molecule has 0 radical (unpaired) electrons. The Labute approximate surface area is 129 Å². The standard InChI is InChI=1S/C15H24BrN3O/c1-6-15(3,4)18-14(20)10(2)19(5)13-8-7-11(16)9-12(13)17/h7-10H,6,17H2,1-5H3,(H,18,20). The third kappa shape index (κ3) is 4.13. The van der Waals surface area contributed by atoms with Crippen LogP contribution in [0.4, 0.5) is 11.4 Å². The Bertz CT molecular complexity index is 488. The van der Waals surface area contributed by atoms with Crippen molar-refractivity contribution in [1.82, 2.24) is 5.32 Å². The van der Waals surface area contributed by atoms with Crippen molar-refractivity contribution in [2.45, 2.75) is 45.7 Å². The van der Waals surface area contributed by atoms with Crippen LogP contribution in [-0.4, -0.2) is 24.5 Å². The Morgan fingerprint density at radius 3 is 2.60 bits per heavy atom. The van der Waals surface area contributed by atoms with E-state index < -0.39 is 0 Å². The lowest BCUT2D eigenvalue weighted by Gasteiger charge is -2.31. The second kappa shape index (κ2) is 6.48. The third-order valence-corrected chi connectivity index (χ3v) is 4.17. The highest BCUT2D eigenvalue weighted by molar-refractivity contribution is 9.10. The van der Waals surface area contributed by atoms with Gasteiger partial charge in [-0.15, -0.1) is 0 Å². The van der Waals surface area contributed by atoms with Crippen LogP contribution in [0.25, 0.3) is 0 Å². The van der Waals surface area contributed by atoms with Crippen LogP contribution in [0.15, 0.2) is 22.7 Å². The number of nitrogens with two attached hydrogens (primary N) is 1. The summed E-state index contributed by atoms with van der Waals surface area (Å²) in [6.45, 7) is 7.97.